The fourth-order valence-corrected chi connectivity index (χ4v) is 3.56. The molecule has 1 unspecified atom stereocenters. The van der Waals surface area contributed by atoms with E-state index in [-0.39, 0.29) is 11.6 Å². The molecule has 11 nitrogen and oxygen atoms in total. The maximum Gasteiger partial charge on any atom is 0.269 e. The van der Waals surface area contributed by atoms with E-state index in [1.54, 1.807) is 49.0 Å². The second kappa shape index (κ2) is 8.38. The van der Waals surface area contributed by atoms with Crippen molar-refractivity contribution in [1.29, 1.82) is 0 Å². The van der Waals surface area contributed by atoms with Crippen LogP contribution in [0.2, 0.25) is 0 Å². The average Bonchev–Trinajstić information content (AvgIpc) is 3.26. The Balaban J connectivity index is 1.73. The molecule has 0 saturated carbocycles. The molecule has 11 heteroatoms. The summed E-state index contributed by atoms with van der Waals surface area (Å²) in [5.41, 5.74) is 2.03. The SMILES string of the molecule is COc1ccc(NC(=O)C2=C(C)Nc3ncnn3C2c2ccc([N+](=O)[O-])cc2)c(OC)c1. The van der Waals surface area contributed by atoms with Crippen LogP contribution in [0.4, 0.5) is 17.3 Å². The Morgan fingerprint density at radius 2 is 1.94 bits per heavy atom. The molecule has 0 radical (unpaired) electrons. The van der Waals surface area contributed by atoms with E-state index in [1.165, 1.54) is 25.6 Å². The first kappa shape index (κ1) is 20.8. The van der Waals surface area contributed by atoms with Crippen LogP contribution in [0.5, 0.6) is 11.5 Å². The van der Waals surface area contributed by atoms with Crippen molar-refractivity contribution in [3.8, 4) is 11.5 Å². The summed E-state index contributed by atoms with van der Waals surface area (Å²) in [7, 11) is 3.04. The Bertz CT molecular complexity index is 1220. The monoisotopic (exact) mass is 436 g/mol. The fourth-order valence-electron chi connectivity index (χ4n) is 3.56. The minimum atomic E-state index is -0.640. The highest BCUT2D eigenvalue weighted by atomic mass is 16.6. The van der Waals surface area contributed by atoms with E-state index >= 15 is 0 Å². The number of benzene rings is 2. The number of hydrogen-bond donors (Lipinski definition) is 2. The number of anilines is 2. The molecular formula is C21H20N6O5. The number of amides is 1. The van der Waals surface area contributed by atoms with Gasteiger partial charge < -0.3 is 20.1 Å². The van der Waals surface area contributed by atoms with E-state index in [1.807, 2.05) is 0 Å². The molecule has 0 spiro atoms. The molecule has 3 aromatic rings. The van der Waals surface area contributed by atoms with E-state index in [9.17, 15) is 14.9 Å². The van der Waals surface area contributed by atoms with Gasteiger partial charge in [-0.2, -0.15) is 10.1 Å². The second-order valence-corrected chi connectivity index (χ2v) is 6.96. The van der Waals surface area contributed by atoms with Gasteiger partial charge in [-0.1, -0.05) is 0 Å². The summed E-state index contributed by atoms with van der Waals surface area (Å²) in [6.45, 7) is 1.76. The van der Waals surface area contributed by atoms with Crippen molar-refractivity contribution in [1.82, 2.24) is 14.8 Å². The Labute approximate surface area is 182 Å². The average molecular weight is 436 g/mol. The zero-order chi connectivity index (χ0) is 22.8. The number of nitro groups is 1. The molecule has 4 rings (SSSR count). The summed E-state index contributed by atoms with van der Waals surface area (Å²) in [5, 5.41) is 21.3. The van der Waals surface area contributed by atoms with E-state index in [0.717, 1.165) is 0 Å². The lowest BCUT2D eigenvalue weighted by atomic mass is 9.95. The number of rotatable bonds is 6. The summed E-state index contributed by atoms with van der Waals surface area (Å²) in [4.78, 5) is 28.2. The molecule has 2 N–H and O–H groups in total. The molecule has 0 fully saturated rings. The van der Waals surface area contributed by atoms with Crippen molar-refractivity contribution in [2.45, 2.75) is 13.0 Å². The summed E-state index contributed by atoms with van der Waals surface area (Å²) in [5.74, 6) is 1.10. The number of aromatic nitrogens is 3. The first-order valence-electron chi connectivity index (χ1n) is 9.58. The molecule has 1 amide bonds. The predicted molar refractivity (Wildman–Crippen MR) is 116 cm³/mol. The first-order valence-corrected chi connectivity index (χ1v) is 9.58. The molecule has 32 heavy (non-hydrogen) atoms. The number of nitro benzene ring substituents is 1. The summed E-state index contributed by atoms with van der Waals surface area (Å²) < 4.78 is 12.1. The van der Waals surface area contributed by atoms with E-state index < -0.39 is 11.0 Å². The standard InChI is InChI=1S/C21H20N6O5/c1-12-18(20(28)25-16-9-8-15(31-2)10-17(16)32-3)19(26-21(24-12)22-11-23-26)13-4-6-14(7-5-13)27(29)30/h4-11,19H,1-3H3,(H,25,28)(H,22,23,24). The highest BCUT2D eigenvalue weighted by Gasteiger charge is 2.34. The number of allylic oxidation sites excluding steroid dienone is 1. The van der Waals surface area contributed by atoms with Crippen molar-refractivity contribution in [3.05, 3.63) is 75.7 Å². The van der Waals surface area contributed by atoms with Gasteiger partial charge in [0.1, 0.15) is 23.9 Å². The number of hydrogen-bond acceptors (Lipinski definition) is 8. The van der Waals surface area contributed by atoms with Gasteiger partial charge in [0, 0.05) is 23.9 Å². The quantitative estimate of drug-likeness (QED) is 0.445. The Morgan fingerprint density at radius 1 is 1.19 bits per heavy atom. The minimum absolute atomic E-state index is 0.0452. The lowest BCUT2D eigenvalue weighted by Crippen LogP contribution is -2.31. The van der Waals surface area contributed by atoms with Crippen LogP contribution in [0.15, 0.2) is 60.1 Å². The highest BCUT2D eigenvalue weighted by molar-refractivity contribution is 6.06. The number of non-ortho nitro benzene ring substituents is 1. The van der Waals surface area contributed by atoms with Crippen molar-refractivity contribution in [2.75, 3.05) is 24.9 Å². The van der Waals surface area contributed by atoms with Gasteiger partial charge in [0.25, 0.3) is 11.6 Å². The van der Waals surface area contributed by atoms with Crippen LogP contribution in [-0.4, -0.2) is 39.8 Å². The number of methoxy groups -OCH3 is 2. The fraction of sp³-hybridized carbons (Fsp3) is 0.190. The van der Waals surface area contributed by atoms with Crippen LogP contribution < -0.4 is 20.1 Å². The van der Waals surface area contributed by atoms with Gasteiger partial charge >= 0.3 is 0 Å². The maximum atomic E-state index is 13.4. The normalized spacial score (nSPS) is 14.9. The predicted octanol–water partition coefficient (Wildman–Crippen LogP) is 3.13. The number of nitrogens with zero attached hydrogens (tertiary/aromatic N) is 4. The third kappa shape index (κ3) is 3.71. The summed E-state index contributed by atoms with van der Waals surface area (Å²) in [6, 6.07) is 10.4. The molecule has 1 aliphatic heterocycles. The van der Waals surface area contributed by atoms with Gasteiger partial charge in [0.2, 0.25) is 5.95 Å². The third-order valence-electron chi connectivity index (χ3n) is 5.12. The minimum Gasteiger partial charge on any atom is -0.497 e. The molecule has 1 aliphatic rings. The first-order chi connectivity index (χ1) is 15.4. The molecule has 164 valence electrons. The van der Waals surface area contributed by atoms with Gasteiger partial charge in [0.15, 0.2) is 0 Å². The Hall–Kier alpha value is -4.41. The molecule has 1 atom stereocenters. The van der Waals surface area contributed by atoms with E-state index in [2.05, 4.69) is 20.7 Å². The van der Waals surface area contributed by atoms with E-state index in [4.69, 9.17) is 9.47 Å². The van der Waals surface area contributed by atoms with Gasteiger partial charge in [0.05, 0.1) is 30.4 Å². The molecule has 0 saturated heterocycles. The number of carbonyl (C=O) groups excluding carboxylic acids is 1. The van der Waals surface area contributed by atoms with Crippen molar-refractivity contribution in [3.63, 3.8) is 0 Å². The van der Waals surface area contributed by atoms with Crippen LogP contribution in [0.1, 0.15) is 18.5 Å². The third-order valence-corrected chi connectivity index (χ3v) is 5.12. The molecule has 0 bridgehead atoms. The number of nitrogens with one attached hydrogen (secondary N) is 2. The molecular weight excluding hydrogens is 416 g/mol. The van der Waals surface area contributed by atoms with Crippen molar-refractivity contribution < 1.29 is 19.2 Å². The number of ether oxygens (including phenoxy) is 2. The zero-order valence-electron chi connectivity index (χ0n) is 17.5. The number of carbonyl (C=O) groups is 1. The zero-order valence-corrected chi connectivity index (χ0v) is 17.5. The molecule has 2 aromatic carbocycles. The van der Waals surface area contributed by atoms with Crippen LogP contribution in [0.3, 0.4) is 0 Å². The lowest BCUT2D eigenvalue weighted by molar-refractivity contribution is -0.384. The topological polar surface area (TPSA) is 133 Å². The van der Waals surface area contributed by atoms with Gasteiger partial charge in [-0.25, -0.2) is 4.68 Å². The Kier molecular flexibility index (Phi) is 5.46. The van der Waals surface area contributed by atoms with Crippen LogP contribution in [-0.2, 0) is 4.79 Å². The molecule has 2 heterocycles. The van der Waals surface area contributed by atoms with E-state index in [0.29, 0.717) is 40.0 Å². The van der Waals surface area contributed by atoms with Crippen LogP contribution in [0.25, 0.3) is 0 Å². The summed E-state index contributed by atoms with van der Waals surface area (Å²) >= 11 is 0. The number of fused-ring (bicyclic) bond motifs is 1. The van der Waals surface area contributed by atoms with Gasteiger partial charge in [-0.05, 0) is 36.8 Å². The lowest BCUT2D eigenvalue weighted by Gasteiger charge is -2.28. The van der Waals surface area contributed by atoms with Crippen LogP contribution in [0, 0.1) is 10.1 Å². The smallest absolute Gasteiger partial charge is 0.269 e. The van der Waals surface area contributed by atoms with Gasteiger partial charge in [-0.3, -0.25) is 14.9 Å². The molecule has 1 aromatic heterocycles. The highest BCUT2D eigenvalue weighted by Crippen LogP contribution is 2.37. The largest absolute Gasteiger partial charge is 0.497 e. The Morgan fingerprint density at radius 3 is 2.59 bits per heavy atom. The van der Waals surface area contributed by atoms with Crippen molar-refractivity contribution in [2.24, 2.45) is 0 Å². The maximum absolute atomic E-state index is 13.4. The molecule has 0 aliphatic carbocycles. The van der Waals surface area contributed by atoms with Crippen LogP contribution >= 0.6 is 0 Å². The summed E-state index contributed by atoms with van der Waals surface area (Å²) in [6.07, 6.45) is 1.38. The van der Waals surface area contributed by atoms with Gasteiger partial charge in [-0.15, -0.1) is 0 Å². The van der Waals surface area contributed by atoms with Crippen molar-refractivity contribution >= 4 is 23.2 Å². The second-order valence-electron chi connectivity index (χ2n) is 6.96.